The highest BCUT2D eigenvalue weighted by Gasteiger charge is 2.20. The van der Waals surface area contributed by atoms with Gasteiger partial charge in [-0.1, -0.05) is 30.3 Å². The van der Waals surface area contributed by atoms with E-state index < -0.39 is 34.8 Å². The molecule has 0 bridgehead atoms. The van der Waals surface area contributed by atoms with Crippen LogP contribution in [0.5, 0.6) is 0 Å². The summed E-state index contributed by atoms with van der Waals surface area (Å²) in [6, 6.07) is 8.12. The van der Waals surface area contributed by atoms with Crippen LogP contribution in [0.25, 0.3) is 0 Å². The van der Waals surface area contributed by atoms with E-state index in [-0.39, 0.29) is 13.0 Å². The Morgan fingerprint density at radius 1 is 1.22 bits per heavy atom. The molecule has 0 aliphatic carbocycles. The largest absolute Gasteiger partial charge is 0.469 e. The van der Waals surface area contributed by atoms with Crippen LogP contribution in [0, 0.1) is 0 Å². The minimum absolute atomic E-state index is 0.0462. The standard InChI is InChI=1S/C14H19NO7S/c1-20-13(16)8-12(10-22-23(2,18)19)15-14(17)21-9-11-6-4-3-5-7-11/h3-7,12H,8-10H2,1-2H3,(H,15,17)/t12-/m1/s1. The molecular weight excluding hydrogens is 326 g/mol. The molecule has 1 N–H and O–H groups in total. The first-order valence-electron chi connectivity index (χ1n) is 6.68. The van der Waals surface area contributed by atoms with Gasteiger partial charge in [0.1, 0.15) is 6.61 Å². The van der Waals surface area contributed by atoms with Crippen molar-refractivity contribution in [3.63, 3.8) is 0 Å². The number of hydrogen-bond donors (Lipinski definition) is 1. The number of ether oxygens (including phenoxy) is 2. The fraction of sp³-hybridized carbons (Fsp3) is 0.429. The quantitative estimate of drug-likeness (QED) is 0.549. The van der Waals surface area contributed by atoms with Gasteiger partial charge in [0.15, 0.2) is 0 Å². The average molecular weight is 345 g/mol. The SMILES string of the molecule is COC(=O)C[C@H](COS(C)(=O)=O)NC(=O)OCc1ccccc1. The van der Waals surface area contributed by atoms with E-state index in [4.69, 9.17) is 4.74 Å². The van der Waals surface area contributed by atoms with Gasteiger partial charge in [-0.25, -0.2) is 4.79 Å². The number of carbonyl (C=O) groups is 2. The van der Waals surface area contributed by atoms with Gasteiger partial charge in [0.25, 0.3) is 10.1 Å². The molecule has 0 unspecified atom stereocenters. The van der Waals surface area contributed by atoms with Crippen molar-refractivity contribution in [2.75, 3.05) is 20.0 Å². The van der Waals surface area contributed by atoms with Crippen LogP contribution in [-0.2, 0) is 35.2 Å². The Hall–Kier alpha value is -2.13. The first-order chi connectivity index (χ1) is 10.8. The van der Waals surface area contributed by atoms with Crippen LogP contribution in [0.3, 0.4) is 0 Å². The molecule has 1 aromatic carbocycles. The van der Waals surface area contributed by atoms with Crippen LogP contribution in [0.2, 0.25) is 0 Å². The Balaban J connectivity index is 2.53. The van der Waals surface area contributed by atoms with Crippen molar-refractivity contribution in [1.29, 1.82) is 0 Å². The predicted molar refractivity (Wildman–Crippen MR) is 81.0 cm³/mol. The molecule has 1 amide bonds. The van der Waals surface area contributed by atoms with E-state index in [9.17, 15) is 18.0 Å². The van der Waals surface area contributed by atoms with Gasteiger partial charge in [0.2, 0.25) is 0 Å². The number of benzene rings is 1. The lowest BCUT2D eigenvalue weighted by atomic mass is 10.2. The lowest BCUT2D eigenvalue weighted by Gasteiger charge is -2.17. The van der Waals surface area contributed by atoms with E-state index in [0.717, 1.165) is 11.8 Å². The molecule has 9 heteroatoms. The minimum atomic E-state index is -3.70. The van der Waals surface area contributed by atoms with Crippen LogP contribution in [0.15, 0.2) is 30.3 Å². The number of esters is 1. The second-order valence-corrected chi connectivity index (χ2v) is 6.32. The summed E-state index contributed by atoms with van der Waals surface area (Å²) in [5.74, 6) is -0.615. The third-order valence-corrected chi connectivity index (χ3v) is 3.22. The number of rotatable bonds is 8. The van der Waals surface area contributed by atoms with Gasteiger partial charge in [-0.15, -0.1) is 0 Å². The highest BCUT2D eigenvalue weighted by molar-refractivity contribution is 7.85. The normalized spacial score (nSPS) is 12.3. The van der Waals surface area contributed by atoms with Crippen LogP contribution in [0.4, 0.5) is 4.79 Å². The number of hydrogen-bond acceptors (Lipinski definition) is 7. The fourth-order valence-electron chi connectivity index (χ4n) is 1.57. The molecule has 23 heavy (non-hydrogen) atoms. The summed E-state index contributed by atoms with van der Waals surface area (Å²) in [4.78, 5) is 23.0. The predicted octanol–water partition coefficient (Wildman–Crippen LogP) is 0.821. The summed E-state index contributed by atoms with van der Waals surface area (Å²) >= 11 is 0. The van der Waals surface area contributed by atoms with Gasteiger partial charge in [0, 0.05) is 0 Å². The van der Waals surface area contributed by atoms with E-state index in [1.54, 1.807) is 24.3 Å². The number of methoxy groups -OCH3 is 1. The summed E-state index contributed by atoms with van der Waals surface area (Å²) < 4.78 is 36.1. The van der Waals surface area contributed by atoms with Gasteiger partial charge in [-0.2, -0.15) is 8.42 Å². The van der Waals surface area contributed by atoms with Gasteiger partial charge >= 0.3 is 12.1 Å². The van der Waals surface area contributed by atoms with Crippen molar-refractivity contribution in [3.8, 4) is 0 Å². The van der Waals surface area contributed by atoms with Gasteiger partial charge < -0.3 is 14.8 Å². The molecule has 1 rings (SSSR count). The first kappa shape index (κ1) is 18.9. The summed E-state index contributed by atoms with van der Waals surface area (Å²) in [7, 11) is -2.51. The van der Waals surface area contributed by atoms with Gasteiger partial charge in [0.05, 0.1) is 32.4 Å². The maximum Gasteiger partial charge on any atom is 0.407 e. The fourth-order valence-corrected chi connectivity index (χ4v) is 1.98. The zero-order chi connectivity index (χ0) is 17.3. The number of nitrogens with one attached hydrogen (secondary N) is 1. The molecule has 128 valence electrons. The molecule has 0 aliphatic rings. The van der Waals surface area contributed by atoms with Crippen molar-refractivity contribution in [3.05, 3.63) is 35.9 Å². The Bertz CT molecular complexity index is 615. The molecule has 0 aliphatic heterocycles. The van der Waals surface area contributed by atoms with Crippen LogP contribution >= 0.6 is 0 Å². The van der Waals surface area contributed by atoms with Crippen molar-refractivity contribution in [2.24, 2.45) is 0 Å². The van der Waals surface area contributed by atoms with Crippen LogP contribution < -0.4 is 5.32 Å². The Morgan fingerprint density at radius 2 is 1.87 bits per heavy atom. The highest BCUT2D eigenvalue weighted by atomic mass is 32.2. The van der Waals surface area contributed by atoms with Crippen molar-refractivity contribution < 1.29 is 31.7 Å². The van der Waals surface area contributed by atoms with Crippen LogP contribution in [0.1, 0.15) is 12.0 Å². The Labute approximate surface area is 134 Å². The molecular formula is C14H19NO7S. The van der Waals surface area contributed by atoms with E-state index in [0.29, 0.717) is 0 Å². The zero-order valence-electron chi connectivity index (χ0n) is 12.9. The lowest BCUT2D eigenvalue weighted by molar-refractivity contribution is -0.141. The number of alkyl carbamates (subject to hydrolysis) is 1. The lowest BCUT2D eigenvalue weighted by Crippen LogP contribution is -2.40. The second-order valence-electron chi connectivity index (χ2n) is 4.67. The summed E-state index contributed by atoms with van der Waals surface area (Å²) in [6.45, 7) is -0.348. The maximum atomic E-state index is 11.7. The van der Waals surface area contributed by atoms with Crippen molar-refractivity contribution in [2.45, 2.75) is 19.1 Å². The molecule has 0 fully saturated rings. The maximum absolute atomic E-state index is 11.7. The number of amides is 1. The summed E-state index contributed by atoms with van der Waals surface area (Å²) in [5, 5.41) is 2.37. The summed E-state index contributed by atoms with van der Waals surface area (Å²) in [6.07, 6.45) is -0.164. The Morgan fingerprint density at radius 3 is 2.43 bits per heavy atom. The van der Waals surface area contributed by atoms with Gasteiger partial charge in [-0.3, -0.25) is 8.98 Å². The Kier molecular flexibility index (Phi) is 7.49. The van der Waals surface area contributed by atoms with Gasteiger partial charge in [-0.05, 0) is 5.56 Å². The van der Waals surface area contributed by atoms with E-state index >= 15 is 0 Å². The third kappa shape index (κ3) is 8.79. The van der Waals surface area contributed by atoms with E-state index in [1.165, 1.54) is 7.11 Å². The number of carbonyl (C=O) groups excluding carboxylic acids is 2. The molecule has 0 aromatic heterocycles. The molecule has 8 nitrogen and oxygen atoms in total. The molecule has 1 aromatic rings. The smallest absolute Gasteiger partial charge is 0.407 e. The molecule has 0 saturated heterocycles. The molecule has 0 spiro atoms. The summed E-state index contributed by atoms with van der Waals surface area (Å²) in [5.41, 5.74) is 0.791. The van der Waals surface area contributed by atoms with E-state index in [1.807, 2.05) is 6.07 Å². The van der Waals surface area contributed by atoms with Crippen molar-refractivity contribution in [1.82, 2.24) is 5.32 Å². The molecule has 1 atom stereocenters. The monoisotopic (exact) mass is 345 g/mol. The van der Waals surface area contributed by atoms with Crippen molar-refractivity contribution >= 4 is 22.2 Å². The average Bonchev–Trinajstić information content (AvgIpc) is 2.50. The molecule has 0 saturated carbocycles. The first-order valence-corrected chi connectivity index (χ1v) is 8.50. The molecule has 0 radical (unpaired) electrons. The highest BCUT2D eigenvalue weighted by Crippen LogP contribution is 2.03. The van der Waals surface area contributed by atoms with Crippen LogP contribution in [-0.4, -0.2) is 46.5 Å². The topological polar surface area (TPSA) is 108 Å². The zero-order valence-corrected chi connectivity index (χ0v) is 13.7. The minimum Gasteiger partial charge on any atom is -0.469 e. The molecule has 0 heterocycles. The third-order valence-electron chi connectivity index (χ3n) is 2.66. The second kappa shape index (κ2) is 9.11. The van der Waals surface area contributed by atoms with E-state index in [2.05, 4.69) is 14.2 Å².